The largest absolute Gasteiger partial charge is 0.404 e. The Kier molecular flexibility index (Phi) is 8.58. The Hall–Kier alpha value is -1.96. The van der Waals surface area contributed by atoms with Crippen molar-refractivity contribution in [3.05, 3.63) is 39.8 Å². The molecule has 0 aromatic carbocycles. The highest BCUT2D eigenvalue weighted by Crippen LogP contribution is 2.54. The van der Waals surface area contributed by atoms with Crippen LogP contribution in [0.15, 0.2) is 29.2 Å². The van der Waals surface area contributed by atoms with Gasteiger partial charge in [-0.15, -0.1) is 0 Å². The molecule has 36 heavy (non-hydrogen) atoms. The number of hydrogen-bond acceptors (Lipinski definition) is 6. The van der Waals surface area contributed by atoms with Crippen molar-refractivity contribution in [3.8, 4) is 0 Å². The molecule has 7 nitrogen and oxygen atoms in total. The average Bonchev–Trinajstić information content (AvgIpc) is 2.79. The molecule has 1 heterocycles. The van der Waals surface area contributed by atoms with Crippen molar-refractivity contribution in [2.75, 3.05) is 13.1 Å². The molecule has 0 spiro atoms. The molecule has 2 bridgehead atoms. The lowest BCUT2D eigenvalue weighted by molar-refractivity contribution is -0.132. The Balaban J connectivity index is 1.85. The minimum atomic E-state index is -1.11. The van der Waals surface area contributed by atoms with Crippen molar-refractivity contribution in [1.82, 2.24) is 9.88 Å². The third-order valence-corrected chi connectivity index (χ3v) is 8.32. The number of carbonyl (C=O) groups is 2. The Morgan fingerprint density at radius 3 is 2.11 bits per heavy atom. The summed E-state index contributed by atoms with van der Waals surface area (Å²) in [6, 6.07) is 0. The van der Waals surface area contributed by atoms with Gasteiger partial charge in [0.05, 0.1) is 33.8 Å². The number of pyridine rings is 1. The van der Waals surface area contributed by atoms with Crippen molar-refractivity contribution >= 4 is 40.6 Å². The number of amides is 1. The molecule has 1 aromatic rings. The maximum atomic E-state index is 13.8. The van der Waals surface area contributed by atoms with Crippen LogP contribution in [0.3, 0.4) is 0 Å². The quantitative estimate of drug-likeness (QED) is 0.346. The lowest BCUT2D eigenvalue weighted by Gasteiger charge is -2.50. The standard InChI is InChI=1S/C27H38Cl2N4O3/c1-17(32-27-9-6-26(7-10-27,8-11-27)18(2)34)19(12-30)24(36)33(16-25(3,4)5)15-22(35)23-20(28)13-31-14-21(23)29/h12-14,22,35H,6-11,15-16,30H2,1-5H3. The summed E-state index contributed by atoms with van der Waals surface area (Å²) in [7, 11) is 0. The molecule has 1 unspecified atom stereocenters. The Morgan fingerprint density at radius 2 is 1.67 bits per heavy atom. The second kappa shape index (κ2) is 10.8. The molecule has 1 aromatic heterocycles. The fourth-order valence-electron chi connectivity index (χ4n) is 5.63. The molecule has 9 heteroatoms. The van der Waals surface area contributed by atoms with Gasteiger partial charge in [-0.1, -0.05) is 44.0 Å². The zero-order chi connectivity index (χ0) is 26.9. The summed E-state index contributed by atoms with van der Waals surface area (Å²) >= 11 is 12.5. The molecule has 3 aliphatic carbocycles. The minimum Gasteiger partial charge on any atom is -0.404 e. The molecule has 3 N–H and O–H groups in total. The fraction of sp³-hybridized carbons (Fsp3) is 0.630. The monoisotopic (exact) mass is 536 g/mol. The molecular weight excluding hydrogens is 499 g/mol. The molecule has 198 valence electrons. The maximum absolute atomic E-state index is 13.8. The number of rotatable bonds is 8. The topological polar surface area (TPSA) is 109 Å². The second-order valence-electron chi connectivity index (χ2n) is 11.6. The third-order valence-electron chi connectivity index (χ3n) is 7.71. The summed E-state index contributed by atoms with van der Waals surface area (Å²) in [5, 5.41) is 11.5. The Bertz CT molecular complexity index is 1030. The first-order chi connectivity index (χ1) is 16.7. The van der Waals surface area contributed by atoms with Crippen LogP contribution in [0.1, 0.15) is 84.8 Å². The smallest absolute Gasteiger partial charge is 0.257 e. The molecule has 1 amide bonds. The number of aromatic nitrogens is 1. The number of nitrogens with zero attached hydrogens (tertiary/aromatic N) is 3. The van der Waals surface area contributed by atoms with Gasteiger partial charge in [-0.25, -0.2) is 0 Å². The van der Waals surface area contributed by atoms with Crippen molar-refractivity contribution < 1.29 is 14.7 Å². The van der Waals surface area contributed by atoms with Crippen LogP contribution >= 0.6 is 23.2 Å². The number of aliphatic hydroxyl groups is 1. The summed E-state index contributed by atoms with van der Waals surface area (Å²) in [6.07, 6.45) is 8.04. The Labute approximate surface area is 224 Å². The summed E-state index contributed by atoms with van der Waals surface area (Å²) in [5.74, 6) is -0.0323. The molecule has 3 saturated carbocycles. The highest BCUT2D eigenvalue weighted by molar-refractivity contribution is 6.35. The van der Waals surface area contributed by atoms with E-state index in [0.717, 1.165) is 38.5 Å². The number of aliphatic hydroxyl groups excluding tert-OH is 1. The first-order valence-corrected chi connectivity index (χ1v) is 13.2. The van der Waals surface area contributed by atoms with Crippen LogP contribution in [0.4, 0.5) is 0 Å². The number of halogens is 2. The van der Waals surface area contributed by atoms with Gasteiger partial charge in [0, 0.05) is 41.8 Å². The number of Topliss-reactive ketones (excluding diaryl/α,β-unsaturated/α-hetero) is 1. The summed E-state index contributed by atoms with van der Waals surface area (Å²) in [4.78, 5) is 36.6. The van der Waals surface area contributed by atoms with E-state index in [0.29, 0.717) is 23.4 Å². The number of aliphatic imine (C=N–C) groups is 1. The molecule has 3 aliphatic rings. The first-order valence-electron chi connectivity index (χ1n) is 12.5. The van der Waals surface area contributed by atoms with Crippen LogP contribution in [0.2, 0.25) is 10.0 Å². The molecular formula is C27H38Cl2N4O3. The maximum Gasteiger partial charge on any atom is 0.257 e. The number of fused-ring (bicyclic) bond motifs is 3. The van der Waals surface area contributed by atoms with Gasteiger partial charge in [-0.2, -0.15) is 0 Å². The zero-order valence-electron chi connectivity index (χ0n) is 21.9. The van der Waals surface area contributed by atoms with Gasteiger partial charge < -0.3 is 15.7 Å². The fourth-order valence-corrected chi connectivity index (χ4v) is 6.24. The molecule has 0 saturated heterocycles. The van der Waals surface area contributed by atoms with Crippen LogP contribution in [-0.2, 0) is 9.59 Å². The van der Waals surface area contributed by atoms with Crippen molar-refractivity contribution in [2.24, 2.45) is 21.6 Å². The van der Waals surface area contributed by atoms with E-state index in [4.69, 9.17) is 33.9 Å². The lowest BCUT2D eigenvalue weighted by atomic mass is 9.56. The van der Waals surface area contributed by atoms with Gasteiger partial charge in [-0.3, -0.25) is 19.6 Å². The highest BCUT2D eigenvalue weighted by atomic mass is 35.5. The molecule has 3 fully saturated rings. The van der Waals surface area contributed by atoms with Crippen molar-refractivity contribution in [2.45, 2.75) is 84.8 Å². The average molecular weight is 538 g/mol. The number of nitrogens with two attached hydrogens (primary N) is 1. The van der Waals surface area contributed by atoms with E-state index < -0.39 is 6.10 Å². The number of carbonyl (C=O) groups excluding carboxylic acids is 2. The number of ketones is 1. The molecule has 0 radical (unpaired) electrons. The van der Waals surface area contributed by atoms with E-state index in [1.165, 1.54) is 18.6 Å². The van der Waals surface area contributed by atoms with Gasteiger partial charge in [0.2, 0.25) is 0 Å². The molecule has 1 atom stereocenters. The predicted octanol–water partition coefficient (Wildman–Crippen LogP) is 5.28. The summed E-state index contributed by atoms with van der Waals surface area (Å²) in [5.41, 5.74) is 6.50. The third kappa shape index (κ3) is 6.12. The van der Waals surface area contributed by atoms with Crippen LogP contribution in [0.5, 0.6) is 0 Å². The normalized spacial score (nSPS) is 25.6. The van der Waals surface area contributed by atoms with Gasteiger partial charge in [-0.05, 0) is 57.8 Å². The molecule has 0 aliphatic heterocycles. The SMILES string of the molecule is CC(=O)C12CCC(N=C(C)C(=CN)C(=O)N(CC(O)c3c(Cl)cncc3Cl)CC(C)(C)C)(CC1)CC2. The number of hydrogen-bond donors (Lipinski definition) is 2. The van der Waals surface area contributed by atoms with Crippen LogP contribution < -0.4 is 5.73 Å². The second-order valence-corrected chi connectivity index (χ2v) is 12.4. The van der Waals surface area contributed by atoms with Gasteiger partial charge in [0.1, 0.15) is 5.78 Å². The first kappa shape index (κ1) is 28.6. The Morgan fingerprint density at radius 1 is 1.14 bits per heavy atom. The van der Waals surface area contributed by atoms with Gasteiger partial charge in [0.15, 0.2) is 0 Å². The van der Waals surface area contributed by atoms with Crippen LogP contribution in [-0.4, -0.2) is 51.0 Å². The van der Waals surface area contributed by atoms with Crippen molar-refractivity contribution in [3.63, 3.8) is 0 Å². The summed E-state index contributed by atoms with van der Waals surface area (Å²) < 4.78 is 0. The van der Waals surface area contributed by atoms with Crippen molar-refractivity contribution in [1.29, 1.82) is 0 Å². The summed E-state index contributed by atoms with van der Waals surface area (Å²) in [6.45, 7) is 9.92. The molecule has 4 rings (SSSR count). The minimum absolute atomic E-state index is 0.0174. The van der Waals surface area contributed by atoms with Gasteiger partial charge >= 0.3 is 0 Å². The van der Waals surface area contributed by atoms with E-state index in [1.54, 1.807) is 11.8 Å². The van der Waals surface area contributed by atoms with E-state index >= 15 is 0 Å². The zero-order valence-corrected chi connectivity index (χ0v) is 23.4. The van der Waals surface area contributed by atoms with Crippen LogP contribution in [0.25, 0.3) is 0 Å². The van der Waals surface area contributed by atoms with E-state index in [1.807, 2.05) is 27.7 Å². The van der Waals surface area contributed by atoms with E-state index in [9.17, 15) is 14.7 Å². The lowest BCUT2D eigenvalue weighted by Crippen LogP contribution is -2.48. The highest BCUT2D eigenvalue weighted by Gasteiger charge is 2.51. The predicted molar refractivity (Wildman–Crippen MR) is 144 cm³/mol. The van der Waals surface area contributed by atoms with Crippen LogP contribution in [0, 0.1) is 10.8 Å². The van der Waals surface area contributed by atoms with E-state index in [-0.39, 0.29) is 44.6 Å². The van der Waals surface area contributed by atoms with Gasteiger partial charge in [0.25, 0.3) is 5.91 Å². The van der Waals surface area contributed by atoms with E-state index in [2.05, 4.69) is 4.98 Å².